The number of β-lactam (4-membered cyclic amide) rings is 1. The number of aliphatic hydroxyl groups is 1. The summed E-state index contributed by atoms with van der Waals surface area (Å²) < 4.78 is 16.9. The summed E-state index contributed by atoms with van der Waals surface area (Å²) in [6, 6.07) is 7.42. The number of rotatable bonds is 5. The van der Waals surface area contributed by atoms with E-state index in [1.807, 2.05) is 38.1 Å². The number of benzene rings is 1. The van der Waals surface area contributed by atoms with Crippen LogP contribution in [0.2, 0.25) is 0 Å². The second-order valence-corrected chi connectivity index (χ2v) is 6.55. The van der Waals surface area contributed by atoms with Gasteiger partial charge in [0.05, 0.1) is 20.3 Å². The van der Waals surface area contributed by atoms with Crippen molar-refractivity contribution in [3.8, 4) is 5.75 Å². The number of hydrogen-bond donors (Lipinski definition) is 1. The lowest BCUT2D eigenvalue weighted by molar-refractivity contribution is -0.167. The molecule has 2 aliphatic heterocycles. The molecule has 6 heteroatoms. The zero-order valence-electron chi connectivity index (χ0n) is 13.8. The Morgan fingerprint density at radius 3 is 2.52 bits per heavy atom. The maximum atomic E-state index is 12.6. The molecule has 0 spiro atoms. The van der Waals surface area contributed by atoms with E-state index in [2.05, 4.69) is 0 Å². The Morgan fingerprint density at radius 2 is 2.04 bits per heavy atom. The van der Waals surface area contributed by atoms with Crippen LogP contribution in [0.3, 0.4) is 0 Å². The first kappa shape index (κ1) is 16.4. The summed E-state index contributed by atoms with van der Waals surface area (Å²) >= 11 is 0. The molecule has 1 N–H and O–H groups in total. The number of ether oxygens (including phenoxy) is 3. The summed E-state index contributed by atoms with van der Waals surface area (Å²) in [6.07, 6.45) is 0.284. The highest BCUT2D eigenvalue weighted by molar-refractivity contribution is 5.96. The van der Waals surface area contributed by atoms with Crippen LogP contribution in [0.1, 0.15) is 20.3 Å². The number of carbonyl (C=O) groups excluding carboxylic acids is 1. The summed E-state index contributed by atoms with van der Waals surface area (Å²) in [4.78, 5) is 12.6. The Hall–Kier alpha value is -1.47. The first-order chi connectivity index (χ1) is 10.9. The average molecular weight is 322 g/mol. The summed E-state index contributed by atoms with van der Waals surface area (Å²) in [6.45, 7) is 4.50. The van der Waals surface area contributed by atoms with Crippen molar-refractivity contribution in [2.75, 3.05) is 26.9 Å². The molecule has 1 aromatic rings. The average Bonchev–Trinajstić information content (AvgIpc) is 2.89. The second-order valence-electron chi connectivity index (χ2n) is 6.55. The molecule has 23 heavy (non-hydrogen) atoms. The number of likely N-dealkylation sites (tertiary alicyclic amines) is 1. The van der Waals surface area contributed by atoms with Crippen LogP contribution in [0.25, 0.3) is 0 Å². The summed E-state index contributed by atoms with van der Waals surface area (Å²) in [5.41, 5.74) is 0.856. The fourth-order valence-electron chi connectivity index (χ4n) is 3.65. The van der Waals surface area contributed by atoms with Crippen LogP contribution in [-0.4, -0.2) is 55.8 Å². The fraction of sp³-hybridized carbons (Fsp3) is 0.588. The summed E-state index contributed by atoms with van der Waals surface area (Å²) in [5.74, 6) is 0.211. The lowest BCUT2D eigenvalue weighted by atomic mass is 9.89. The lowest BCUT2D eigenvalue weighted by Crippen LogP contribution is -2.75. The monoisotopic (exact) mass is 322 g/mol. The van der Waals surface area contributed by atoms with E-state index in [1.54, 1.807) is 7.11 Å². The van der Waals surface area contributed by atoms with Crippen molar-refractivity contribution in [3.05, 3.63) is 24.3 Å². The third kappa shape index (κ3) is 2.65. The zero-order chi connectivity index (χ0) is 16.7. The van der Waals surface area contributed by atoms with Gasteiger partial charge >= 0.3 is 5.91 Å². The number of nitrogens with zero attached hydrogens (tertiary/aromatic N) is 1. The van der Waals surface area contributed by atoms with Crippen LogP contribution in [0.4, 0.5) is 5.69 Å². The Kier molecular flexibility index (Phi) is 4.18. The van der Waals surface area contributed by atoms with Gasteiger partial charge in [-0.1, -0.05) is 0 Å². The van der Waals surface area contributed by atoms with Gasteiger partial charge < -0.3 is 19.3 Å². The highest BCUT2D eigenvalue weighted by Crippen LogP contribution is 2.42. The van der Waals surface area contributed by atoms with Crippen LogP contribution in [0, 0.1) is 0 Å². The maximum absolute atomic E-state index is 12.6. The molecule has 3 rings (SSSR count). The van der Waals surface area contributed by atoms with Crippen molar-refractivity contribution < 1.29 is 24.1 Å². The van der Waals surface area contributed by atoms with E-state index in [9.17, 15) is 9.90 Å². The molecular formula is C17H24NO5+. The Morgan fingerprint density at radius 1 is 1.35 bits per heavy atom. The van der Waals surface area contributed by atoms with Crippen molar-refractivity contribution in [1.29, 1.82) is 0 Å². The van der Waals surface area contributed by atoms with Gasteiger partial charge in [0.2, 0.25) is 0 Å². The first-order valence-corrected chi connectivity index (χ1v) is 7.91. The minimum Gasteiger partial charge on any atom is -0.497 e. The number of carbonyl (C=O) groups is 1. The molecule has 126 valence electrons. The molecule has 0 radical (unpaired) electrons. The fourth-order valence-corrected chi connectivity index (χ4v) is 3.65. The van der Waals surface area contributed by atoms with Crippen LogP contribution < -0.4 is 9.22 Å². The van der Waals surface area contributed by atoms with Gasteiger partial charge in [0.1, 0.15) is 36.5 Å². The molecule has 0 saturated carbocycles. The highest BCUT2D eigenvalue weighted by atomic mass is 16.7. The van der Waals surface area contributed by atoms with Crippen LogP contribution in [0.5, 0.6) is 5.75 Å². The van der Waals surface area contributed by atoms with Crippen LogP contribution >= 0.6 is 0 Å². The Balaban J connectivity index is 1.92. The molecule has 1 aromatic carbocycles. The van der Waals surface area contributed by atoms with Crippen molar-refractivity contribution >= 4 is 11.6 Å². The van der Waals surface area contributed by atoms with Gasteiger partial charge in [-0.3, -0.25) is 0 Å². The predicted molar refractivity (Wildman–Crippen MR) is 85.1 cm³/mol. The number of methoxy groups -OCH3 is 1. The zero-order valence-corrected chi connectivity index (χ0v) is 13.8. The van der Waals surface area contributed by atoms with Crippen molar-refractivity contribution in [2.24, 2.45) is 0 Å². The molecule has 2 aliphatic rings. The third-order valence-electron chi connectivity index (χ3n) is 4.84. The maximum Gasteiger partial charge on any atom is 0.325 e. The van der Waals surface area contributed by atoms with E-state index in [-0.39, 0.29) is 29.1 Å². The highest BCUT2D eigenvalue weighted by Gasteiger charge is 2.62. The summed E-state index contributed by atoms with van der Waals surface area (Å²) in [7, 11) is 1.61. The lowest BCUT2D eigenvalue weighted by Gasteiger charge is -2.50. The van der Waals surface area contributed by atoms with Gasteiger partial charge in [-0.2, -0.15) is 0 Å². The number of quaternary nitrogens is 1. The quantitative estimate of drug-likeness (QED) is 0.656. The normalized spacial score (nSPS) is 32.6. The Labute approximate surface area is 136 Å². The molecule has 3 atom stereocenters. The molecule has 1 unspecified atom stereocenters. The number of hydrogen-bond acceptors (Lipinski definition) is 5. The van der Waals surface area contributed by atoms with E-state index in [0.29, 0.717) is 19.6 Å². The molecule has 0 aromatic heterocycles. The SMILES string of the molecule is COc1ccc([N@+]2(CCO)C(=O)CC2[C@H]2COC(C)(C)O2)cc1. The molecule has 0 aliphatic carbocycles. The second kappa shape index (κ2) is 5.87. The smallest absolute Gasteiger partial charge is 0.325 e. The van der Waals surface area contributed by atoms with E-state index in [0.717, 1.165) is 11.4 Å². The largest absolute Gasteiger partial charge is 0.497 e. The van der Waals surface area contributed by atoms with Gasteiger partial charge in [0.15, 0.2) is 5.79 Å². The third-order valence-corrected chi connectivity index (χ3v) is 4.84. The molecule has 6 nitrogen and oxygen atoms in total. The molecular weight excluding hydrogens is 298 g/mol. The van der Waals surface area contributed by atoms with Crippen LogP contribution in [-0.2, 0) is 14.3 Å². The first-order valence-electron chi connectivity index (χ1n) is 7.91. The standard InChI is InChI=1S/C17H24NO5/c1-17(2)22-11-15(23-17)14-10-16(20)18(14,8-9-19)12-4-6-13(21-3)7-5-12/h4-7,14-15,19H,8-11H2,1-3H3/q+1/t14?,15-,18+/m1/s1. The van der Waals surface area contributed by atoms with Gasteiger partial charge in [-0.05, 0) is 26.0 Å². The van der Waals surface area contributed by atoms with E-state index >= 15 is 0 Å². The summed E-state index contributed by atoms with van der Waals surface area (Å²) in [5, 5.41) is 9.55. The number of amides is 1. The molecule has 2 fully saturated rings. The molecule has 1 amide bonds. The van der Waals surface area contributed by atoms with Gasteiger partial charge in [-0.25, -0.2) is 9.28 Å². The van der Waals surface area contributed by atoms with Crippen LogP contribution in [0.15, 0.2) is 24.3 Å². The minimum atomic E-state index is -0.627. The molecule has 2 heterocycles. The molecule has 2 saturated heterocycles. The van der Waals surface area contributed by atoms with E-state index in [4.69, 9.17) is 14.2 Å². The van der Waals surface area contributed by atoms with E-state index in [1.165, 1.54) is 0 Å². The topological polar surface area (TPSA) is 65.0 Å². The van der Waals surface area contributed by atoms with E-state index < -0.39 is 5.79 Å². The molecule has 0 bridgehead atoms. The Bertz CT molecular complexity index is 585. The number of aliphatic hydroxyl groups excluding tert-OH is 1. The van der Waals surface area contributed by atoms with Gasteiger partial charge in [0.25, 0.3) is 0 Å². The van der Waals surface area contributed by atoms with Gasteiger partial charge in [0, 0.05) is 12.1 Å². The van der Waals surface area contributed by atoms with Gasteiger partial charge in [-0.15, -0.1) is 0 Å². The minimum absolute atomic E-state index is 0.0372. The van der Waals surface area contributed by atoms with Crippen molar-refractivity contribution in [2.45, 2.75) is 38.2 Å². The predicted octanol–water partition coefficient (Wildman–Crippen LogP) is 1.45. The van der Waals surface area contributed by atoms with Crippen molar-refractivity contribution in [1.82, 2.24) is 4.48 Å². The van der Waals surface area contributed by atoms with Crippen molar-refractivity contribution in [3.63, 3.8) is 0 Å².